The minimum absolute atomic E-state index is 0.222. The molecule has 4 rings (SSSR count). The minimum atomic E-state index is -4.39. The summed E-state index contributed by atoms with van der Waals surface area (Å²) in [5, 5.41) is 3.13. The number of rotatable bonds is 5. The van der Waals surface area contributed by atoms with Crippen molar-refractivity contribution in [3.05, 3.63) is 94.5 Å². The van der Waals surface area contributed by atoms with E-state index in [1.54, 1.807) is 58.3 Å². The first-order chi connectivity index (χ1) is 16.2. The van der Waals surface area contributed by atoms with Crippen LogP contribution >= 0.6 is 11.6 Å². The molecule has 0 aromatic heterocycles. The van der Waals surface area contributed by atoms with Crippen molar-refractivity contribution in [3.8, 4) is 0 Å². The Morgan fingerprint density at radius 1 is 0.941 bits per heavy atom. The van der Waals surface area contributed by atoms with E-state index in [1.165, 1.54) is 12.1 Å². The molecule has 1 fully saturated rings. The number of nitrogens with one attached hydrogen (secondary N) is 1. The number of benzene rings is 3. The Kier molecular flexibility index (Phi) is 6.79. The molecule has 3 aromatic carbocycles. The van der Waals surface area contributed by atoms with E-state index in [2.05, 4.69) is 5.32 Å². The van der Waals surface area contributed by atoms with Gasteiger partial charge in [0.05, 0.1) is 16.1 Å². The third-order valence-corrected chi connectivity index (χ3v) is 5.85. The molecule has 0 saturated carbocycles. The fraction of sp³-hybridized carbons (Fsp3) is 0.200. The van der Waals surface area contributed by atoms with Crippen LogP contribution in [0.5, 0.6) is 0 Å². The van der Waals surface area contributed by atoms with Gasteiger partial charge in [0.2, 0.25) is 0 Å². The highest BCUT2D eigenvalue weighted by Crippen LogP contribution is 2.30. The zero-order valence-corrected chi connectivity index (χ0v) is 18.7. The maximum absolute atomic E-state index is 13.0. The van der Waals surface area contributed by atoms with Crippen molar-refractivity contribution < 1.29 is 22.8 Å². The molecule has 1 heterocycles. The molecule has 0 bridgehead atoms. The van der Waals surface area contributed by atoms with Crippen molar-refractivity contribution in [2.45, 2.75) is 19.1 Å². The van der Waals surface area contributed by atoms with Gasteiger partial charge in [-0.3, -0.25) is 9.69 Å². The van der Waals surface area contributed by atoms with Crippen molar-refractivity contribution in [3.63, 3.8) is 0 Å². The predicted octanol–water partition coefficient (Wildman–Crippen LogP) is 6.44. The van der Waals surface area contributed by atoms with Crippen LogP contribution in [-0.4, -0.2) is 29.9 Å². The van der Waals surface area contributed by atoms with Crippen LogP contribution in [0.4, 0.5) is 29.3 Å². The van der Waals surface area contributed by atoms with Crippen molar-refractivity contribution in [2.75, 3.05) is 23.3 Å². The molecule has 176 valence electrons. The van der Waals surface area contributed by atoms with E-state index in [-0.39, 0.29) is 18.5 Å². The van der Waals surface area contributed by atoms with Gasteiger partial charge in [-0.2, -0.15) is 13.2 Å². The smallest absolute Gasteiger partial charge is 0.322 e. The summed E-state index contributed by atoms with van der Waals surface area (Å²) in [5.74, 6) is -0.338. The second-order valence-corrected chi connectivity index (χ2v) is 8.29. The van der Waals surface area contributed by atoms with Gasteiger partial charge in [-0.1, -0.05) is 35.9 Å². The summed E-state index contributed by atoms with van der Waals surface area (Å²) in [6.45, 7) is 1.26. The maximum Gasteiger partial charge on any atom is 0.416 e. The molecule has 0 spiro atoms. The summed E-state index contributed by atoms with van der Waals surface area (Å²) in [5.41, 5.74) is 1.49. The van der Waals surface area contributed by atoms with E-state index in [0.717, 1.165) is 18.6 Å². The lowest BCUT2D eigenvalue weighted by molar-refractivity contribution is -0.137. The van der Waals surface area contributed by atoms with Gasteiger partial charge in [0.25, 0.3) is 5.91 Å². The first-order valence-corrected chi connectivity index (χ1v) is 11.0. The Balaban J connectivity index is 1.41. The molecule has 1 N–H and O–H groups in total. The van der Waals surface area contributed by atoms with Crippen molar-refractivity contribution >= 4 is 34.9 Å². The summed E-state index contributed by atoms with van der Waals surface area (Å²) in [4.78, 5) is 28.7. The first kappa shape index (κ1) is 23.6. The molecule has 1 aliphatic heterocycles. The van der Waals surface area contributed by atoms with E-state index >= 15 is 0 Å². The van der Waals surface area contributed by atoms with E-state index in [0.29, 0.717) is 40.6 Å². The van der Waals surface area contributed by atoms with Gasteiger partial charge in [-0.25, -0.2) is 4.79 Å². The molecule has 0 aliphatic carbocycles. The number of anilines is 2. The zero-order chi connectivity index (χ0) is 24.3. The summed E-state index contributed by atoms with van der Waals surface area (Å²) >= 11 is 6.07. The molecule has 0 radical (unpaired) electrons. The molecule has 1 aliphatic rings. The first-order valence-electron chi connectivity index (χ1n) is 10.6. The third kappa shape index (κ3) is 5.34. The van der Waals surface area contributed by atoms with Crippen LogP contribution in [0.1, 0.15) is 27.9 Å². The van der Waals surface area contributed by atoms with E-state index in [1.807, 2.05) is 0 Å². The number of urea groups is 1. The molecule has 9 heteroatoms. The number of halogens is 4. The van der Waals surface area contributed by atoms with Crippen LogP contribution in [0.15, 0.2) is 72.8 Å². The average Bonchev–Trinajstić information content (AvgIpc) is 2.81. The summed E-state index contributed by atoms with van der Waals surface area (Å²) in [6.07, 6.45) is -3.67. The summed E-state index contributed by atoms with van der Waals surface area (Å²) in [7, 11) is 0. The predicted molar refractivity (Wildman–Crippen MR) is 125 cm³/mol. The quantitative estimate of drug-likeness (QED) is 0.450. The fourth-order valence-electron chi connectivity index (χ4n) is 3.76. The van der Waals surface area contributed by atoms with Crippen molar-refractivity contribution in [1.29, 1.82) is 0 Å². The average molecular weight is 488 g/mol. The maximum atomic E-state index is 13.0. The van der Waals surface area contributed by atoms with Crippen LogP contribution < -0.4 is 10.2 Å². The minimum Gasteiger partial charge on any atom is -0.322 e. The molecule has 34 heavy (non-hydrogen) atoms. The molecule has 1 saturated heterocycles. The Morgan fingerprint density at radius 2 is 1.62 bits per heavy atom. The lowest BCUT2D eigenvalue weighted by Crippen LogP contribution is -2.49. The van der Waals surface area contributed by atoms with Gasteiger partial charge in [0, 0.05) is 31.0 Å². The summed E-state index contributed by atoms with van der Waals surface area (Å²) < 4.78 is 38.3. The molecule has 3 amide bonds. The summed E-state index contributed by atoms with van der Waals surface area (Å²) in [6, 6.07) is 18.2. The van der Waals surface area contributed by atoms with Gasteiger partial charge >= 0.3 is 12.2 Å². The Labute approximate surface area is 199 Å². The Hall–Kier alpha value is -3.52. The number of alkyl halides is 3. The van der Waals surface area contributed by atoms with Crippen LogP contribution in [0.3, 0.4) is 0 Å². The largest absolute Gasteiger partial charge is 0.416 e. The van der Waals surface area contributed by atoms with Gasteiger partial charge in [-0.15, -0.1) is 0 Å². The van der Waals surface area contributed by atoms with Crippen LogP contribution in [0, 0.1) is 0 Å². The molecular formula is C25H21ClF3N3O2. The van der Waals surface area contributed by atoms with Crippen molar-refractivity contribution in [1.82, 2.24) is 4.90 Å². The highest BCUT2D eigenvalue weighted by molar-refractivity contribution is 6.34. The topological polar surface area (TPSA) is 52.7 Å². The molecular weight excluding hydrogens is 467 g/mol. The molecule has 0 unspecified atom stereocenters. The Morgan fingerprint density at radius 3 is 2.26 bits per heavy atom. The Bertz CT molecular complexity index is 1180. The number of carbonyl (C=O) groups is 2. The van der Waals surface area contributed by atoms with Crippen LogP contribution in [0.2, 0.25) is 5.02 Å². The SMILES string of the molecule is O=C(Nc1ccc(N2CCCN(Cc3ccc(C(F)(F)F)cc3)C2=O)cc1)c1ccccc1Cl. The fourth-order valence-corrected chi connectivity index (χ4v) is 3.98. The molecule has 3 aromatic rings. The van der Waals surface area contributed by atoms with Crippen molar-refractivity contribution in [2.24, 2.45) is 0 Å². The second kappa shape index (κ2) is 9.77. The van der Waals surface area contributed by atoms with Gasteiger partial charge in [-0.05, 0) is 60.5 Å². The highest BCUT2D eigenvalue weighted by atomic mass is 35.5. The lowest BCUT2D eigenvalue weighted by atomic mass is 10.1. The third-order valence-electron chi connectivity index (χ3n) is 5.52. The number of nitrogens with zero attached hydrogens (tertiary/aromatic N) is 2. The zero-order valence-electron chi connectivity index (χ0n) is 18.0. The van der Waals surface area contributed by atoms with Gasteiger partial charge in [0.1, 0.15) is 0 Å². The second-order valence-electron chi connectivity index (χ2n) is 7.88. The van der Waals surface area contributed by atoms with E-state index in [9.17, 15) is 22.8 Å². The number of carbonyl (C=O) groups excluding carboxylic acids is 2. The number of amides is 3. The monoisotopic (exact) mass is 487 g/mol. The number of hydrogen-bond donors (Lipinski definition) is 1. The van der Waals surface area contributed by atoms with Crippen LogP contribution in [0.25, 0.3) is 0 Å². The van der Waals surface area contributed by atoms with Gasteiger partial charge < -0.3 is 10.2 Å². The molecule has 0 atom stereocenters. The van der Waals surface area contributed by atoms with Gasteiger partial charge in [0.15, 0.2) is 0 Å². The standard InChI is InChI=1S/C25H21ClF3N3O2/c26-22-5-2-1-4-21(22)23(33)30-19-10-12-20(13-11-19)32-15-3-14-31(24(32)34)16-17-6-8-18(9-7-17)25(27,28)29/h1-2,4-13H,3,14-16H2,(H,30,33). The number of hydrogen-bond acceptors (Lipinski definition) is 2. The van der Waals surface area contributed by atoms with E-state index < -0.39 is 11.7 Å². The normalized spacial score (nSPS) is 14.3. The highest BCUT2D eigenvalue weighted by Gasteiger charge is 2.31. The lowest BCUT2D eigenvalue weighted by Gasteiger charge is -2.35. The van der Waals surface area contributed by atoms with E-state index in [4.69, 9.17) is 11.6 Å². The molecule has 5 nitrogen and oxygen atoms in total. The van der Waals surface area contributed by atoms with Crippen LogP contribution in [-0.2, 0) is 12.7 Å².